The van der Waals surface area contributed by atoms with Crippen LogP contribution in [0.3, 0.4) is 0 Å². The van der Waals surface area contributed by atoms with Crippen LogP contribution in [-0.4, -0.2) is 17.6 Å². The van der Waals surface area contributed by atoms with E-state index in [4.69, 9.17) is 0 Å². The van der Waals surface area contributed by atoms with Crippen molar-refractivity contribution in [2.24, 2.45) is 0 Å². The van der Waals surface area contributed by atoms with Crippen LogP contribution in [0.1, 0.15) is 12.0 Å². The quantitative estimate of drug-likeness (QED) is 0.807. The fraction of sp³-hybridized carbons (Fsp3) is 0.200. The molecule has 0 bridgehead atoms. The van der Waals surface area contributed by atoms with Crippen molar-refractivity contribution in [3.05, 3.63) is 60.4 Å². The van der Waals surface area contributed by atoms with Gasteiger partial charge < -0.3 is 10.6 Å². The normalized spacial score (nSPS) is 9.89. The van der Waals surface area contributed by atoms with E-state index in [9.17, 15) is 4.79 Å². The zero-order chi connectivity index (χ0) is 13.3. The summed E-state index contributed by atoms with van der Waals surface area (Å²) in [5, 5.41) is 5.58. The molecule has 0 aliphatic carbocycles. The van der Waals surface area contributed by atoms with E-state index in [1.54, 1.807) is 24.5 Å². The van der Waals surface area contributed by atoms with Crippen LogP contribution in [0.15, 0.2) is 54.9 Å². The zero-order valence-corrected chi connectivity index (χ0v) is 10.7. The summed E-state index contributed by atoms with van der Waals surface area (Å²) in [6.45, 7) is 0.659. The zero-order valence-electron chi connectivity index (χ0n) is 10.7. The summed E-state index contributed by atoms with van der Waals surface area (Å²) in [5.74, 6) is 0. The summed E-state index contributed by atoms with van der Waals surface area (Å²) >= 11 is 0. The number of aromatic nitrogens is 1. The number of urea groups is 1. The van der Waals surface area contributed by atoms with Crippen molar-refractivity contribution < 1.29 is 4.79 Å². The molecule has 98 valence electrons. The standard InChI is InChI=1S/C15H17N3O/c19-15(18-14-8-11-16-12-9-14)17-10-4-7-13-5-2-1-3-6-13/h1-3,5-6,8-9,11-12H,4,7,10H2,(H2,16,17,18,19). The van der Waals surface area contributed by atoms with E-state index < -0.39 is 0 Å². The first-order valence-electron chi connectivity index (χ1n) is 6.33. The van der Waals surface area contributed by atoms with E-state index in [1.807, 2.05) is 18.2 Å². The molecule has 2 aromatic rings. The van der Waals surface area contributed by atoms with E-state index in [0.717, 1.165) is 18.5 Å². The van der Waals surface area contributed by atoms with Gasteiger partial charge in [0.25, 0.3) is 0 Å². The number of hydrogen-bond acceptors (Lipinski definition) is 2. The lowest BCUT2D eigenvalue weighted by molar-refractivity contribution is 0.252. The Morgan fingerprint density at radius 3 is 2.53 bits per heavy atom. The van der Waals surface area contributed by atoms with Gasteiger partial charge in [-0.05, 0) is 30.5 Å². The van der Waals surface area contributed by atoms with Crippen LogP contribution < -0.4 is 10.6 Å². The fourth-order valence-electron chi connectivity index (χ4n) is 1.75. The highest BCUT2D eigenvalue weighted by molar-refractivity contribution is 5.88. The van der Waals surface area contributed by atoms with E-state index in [2.05, 4.69) is 27.8 Å². The topological polar surface area (TPSA) is 54.0 Å². The molecule has 0 aliphatic rings. The van der Waals surface area contributed by atoms with Gasteiger partial charge in [0.15, 0.2) is 0 Å². The number of anilines is 1. The van der Waals surface area contributed by atoms with Gasteiger partial charge in [0.1, 0.15) is 0 Å². The van der Waals surface area contributed by atoms with Crippen molar-refractivity contribution in [3.63, 3.8) is 0 Å². The first kappa shape index (κ1) is 13.1. The molecule has 0 saturated heterocycles. The number of benzene rings is 1. The number of carbonyl (C=O) groups is 1. The van der Waals surface area contributed by atoms with Crippen molar-refractivity contribution in [1.82, 2.24) is 10.3 Å². The Hall–Kier alpha value is -2.36. The predicted molar refractivity (Wildman–Crippen MR) is 76.0 cm³/mol. The van der Waals surface area contributed by atoms with Crippen molar-refractivity contribution >= 4 is 11.7 Å². The van der Waals surface area contributed by atoms with Crippen LogP contribution in [0.4, 0.5) is 10.5 Å². The SMILES string of the molecule is O=C(NCCCc1ccccc1)Nc1ccncc1. The molecular weight excluding hydrogens is 238 g/mol. The second-order valence-electron chi connectivity index (χ2n) is 4.21. The monoisotopic (exact) mass is 255 g/mol. The Morgan fingerprint density at radius 2 is 1.79 bits per heavy atom. The minimum atomic E-state index is -0.181. The van der Waals surface area contributed by atoms with Gasteiger partial charge >= 0.3 is 6.03 Å². The minimum Gasteiger partial charge on any atom is -0.338 e. The molecule has 0 aliphatic heterocycles. The molecule has 1 aromatic carbocycles. The molecule has 0 saturated carbocycles. The molecule has 2 amide bonds. The maximum absolute atomic E-state index is 11.6. The highest BCUT2D eigenvalue weighted by Gasteiger charge is 2.00. The van der Waals surface area contributed by atoms with E-state index in [-0.39, 0.29) is 6.03 Å². The fourth-order valence-corrected chi connectivity index (χ4v) is 1.75. The molecule has 0 atom stereocenters. The molecule has 1 heterocycles. The smallest absolute Gasteiger partial charge is 0.319 e. The first-order valence-corrected chi connectivity index (χ1v) is 6.33. The molecule has 0 spiro atoms. The number of carbonyl (C=O) groups excluding carboxylic acids is 1. The molecule has 2 N–H and O–H groups in total. The van der Waals surface area contributed by atoms with E-state index in [1.165, 1.54) is 5.56 Å². The molecule has 4 nitrogen and oxygen atoms in total. The van der Waals surface area contributed by atoms with Gasteiger partial charge in [0, 0.05) is 24.6 Å². The highest BCUT2D eigenvalue weighted by Crippen LogP contribution is 2.03. The summed E-state index contributed by atoms with van der Waals surface area (Å²) in [5.41, 5.74) is 2.04. The molecule has 1 aromatic heterocycles. The average molecular weight is 255 g/mol. The van der Waals surface area contributed by atoms with Crippen LogP contribution in [0.5, 0.6) is 0 Å². The average Bonchev–Trinajstić information content (AvgIpc) is 2.46. The lowest BCUT2D eigenvalue weighted by atomic mass is 10.1. The third-order valence-electron chi connectivity index (χ3n) is 2.71. The van der Waals surface area contributed by atoms with Crippen molar-refractivity contribution in [2.45, 2.75) is 12.8 Å². The van der Waals surface area contributed by atoms with Gasteiger partial charge in [0.2, 0.25) is 0 Å². The molecular formula is C15H17N3O. The predicted octanol–water partition coefficient (Wildman–Crippen LogP) is 2.84. The largest absolute Gasteiger partial charge is 0.338 e. The number of hydrogen-bond donors (Lipinski definition) is 2. The molecule has 0 unspecified atom stereocenters. The first-order chi connectivity index (χ1) is 9.34. The van der Waals surface area contributed by atoms with Crippen LogP contribution in [0.25, 0.3) is 0 Å². The van der Waals surface area contributed by atoms with E-state index >= 15 is 0 Å². The number of nitrogens with one attached hydrogen (secondary N) is 2. The Balaban J connectivity index is 1.65. The highest BCUT2D eigenvalue weighted by atomic mass is 16.2. The molecule has 19 heavy (non-hydrogen) atoms. The van der Waals surface area contributed by atoms with Crippen molar-refractivity contribution in [3.8, 4) is 0 Å². The van der Waals surface area contributed by atoms with Crippen LogP contribution in [0, 0.1) is 0 Å². The number of rotatable bonds is 5. The Bertz CT molecular complexity index is 499. The summed E-state index contributed by atoms with van der Waals surface area (Å²) in [7, 11) is 0. The number of pyridine rings is 1. The molecule has 0 radical (unpaired) electrons. The Labute approximate surface area is 112 Å². The number of nitrogens with zero attached hydrogens (tertiary/aromatic N) is 1. The van der Waals surface area contributed by atoms with Crippen LogP contribution in [-0.2, 0) is 6.42 Å². The van der Waals surface area contributed by atoms with Gasteiger partial charge in [-0.2, -0.15) is 0 Å². The lowest BCUT2D eigenvalue weighted by Gasteiger charge is -2.07. The molecule has 0 fully saturated rings. The van der Waals surface area contributed by atoms with Gasteiger partial charge in [-0.3, -0.25) is 4.98 Å². The maximum Gasteiger partial charge on any atom is 0.319 e. The summed E-state index contributed by atoms with van der Waals surface area (Å²) in [6, 6.07) is 13.6. The van der Waals surface area contributed by atoms with Gasteiger partial charge in [-0.25, -0.2) is 4.79 Å². The second kappa shape index (κ2) is 7.16. The Kier molecular flexibility index (Phi) is 4.93. The van der Waals surface area contributed by atoms with E-state index in [0.29, 0.717) is 6.54 Å². The second-order valence-corrected chi connectivity index (χ2v) is 4.21. The minimum absolute atomic E-state index is 0.181. The van der Waals surface area contributed by atoms with Crippen LogP contribution in [0.2, 0.25) is 0 Å². The lowest BCUT2D eigenvalue weighted by Crippen LogP contribution is -2.29. The van der Waals surface area contributed by atoms with Crippen molar-refractivity contribution in [1.29, 1.82) is 0 Å². The van der Waals surface area contributed by atoms with Crippen LogP contribution >= 0.6 is 0 Å². The summed E-state index contributed by atoms with van der Waals surface area (Å²) < 4.78 is 0. The maximum atomic E-state index is 11.6. The number of aryl methyl sites for hydroxylation is 1. The third kappa shape index (κ3) is 4.79. The van der Waals surface area contributed by atoms with Gasteiger partial charge in [0.05, 0.1) is 0 Å². The van der Waals surface area contributed by atoms with Gasteiger partial charge in [-0.1, -0.05) is 30.3 Å². The van der Waals surface area contributed by atoms with Gasteiger partial charge in [-0.15, -0.1) is 0 Å². The summed E-state index contributed by atoms with van der Waals surface area (Å²) in [4.78, 5) is 15.5. The summed E-state index contributed by atoms with van der Waals surface area (Å²) in [6.07, 6.45) is 5.18. The Morgan fingerprint density at radius 1 is 1.05 bits per heavy atom. The third-order valence-corrected chi connectivity index (χ3v) is 2.71. The van der Waals surface area contributed by atoms with Crippen molar-refractivity contribution in [2.75, 3.05) is 11.9 Å². The number of amides is 2. The molecule has 4 heteroatoms. The molecule has 2 rings (SSSR count).